The minimum atomic E-state index is 0.462. The predicted molar refractivity (Wildman–Crippen MR) is 109 cm³/mol. The quantitative estimate of drug-likeness (QED) is 0.523. The van der Waals surface area contributed by atoms with Gasteiger partial charge in [0.15, 0.2) is 5.65 Å². The second-order valence-corrected chi connectivity index (χ2v) is 7.58. The van der Waals surface area contributed by atoms with Gasteiger partial charge in [0.25, 0.3) is 0 Å². The summed E-state index contributed by atoms with van der Waals surface area (Å²) in [5.74, 6) is 0.889. The fourth-order valence-electron chi connectivity index (χ4n) is 3.92. The Morgan fingerprint density at radius 1 is 1.00 bits per heavy atom. The summed E-state index contributed by atoms with van der Waals surface area (Å²) < 4.78 is 1.79. The van der Waals surface area contributed by atoms with Crippen molar-refractivity contribution in [2.45, 2.75) is 38.1 Å². The smallest absolute Gasteiger partial charge is 0.186 e. The van der Waals surface area contributed by atoms with Gasteiger partial charge < -0.3 is 5.32 Å². The Morgan fingerprint density at radius 3 is 2.63 bits per heavy atom. The maximum Gasteiger partial charge on any atom is 0.186 e. The van der Waals surface area contributed by atoms with Crippen LogP contribution < -0.4 is 5.32 Å². The van der Waals surface area contributed by atoms with E-state index in [-0.39, 0.29) is 0 Å². The summed E-state index contributed by atoms with van der Waals surface area (Å²) in [5.41, 5.74) is 3.45. The highest BCUT2D eigenvalue weighted by Crippen LogP contribution is 2.31. The van der Waals surface area contributed by atoms with E-state index in [1.54, 1.807) is 4.52 Å². The fraction of sp³-hybridized carbons (Fsp3) is 0.286. The molecule has 0 aliphatic heterocycles. The van der Waals surface area contributed by atoms with Gasteiger partial charge in [0.2, 0.25) is 0 Å². The van der Waals surface area contributed by atoms with Crippen molar-refractivity contribution >= 4 is 34.0 Å². The van der Waals surface area contributed by atoms with Crippen molar-refractivity contribution in [3.63, 3.8) is 0 Å². The first-order chi connectivity index (χ1) is 13.3. The van der Waals surface area contributed by atoms with Crippen LogP contribution in [0.5, 0.6) is 0 Å². The molecule has 2 heterocycles. The van der Waals surface area contributed by atoms with Crippen LogP contribution in [0.1, 0.15) is 32.1 Å². The van der Waals surface area contributed by atoms with Gasteiger partial charge in [0.05, 0.1) is 5.52 Å². The maximum atomic E-state index is 6.28. The largest absolute Gasteiger partial charge is 0.367 e. The van der Waals surface area contributed by atoms with Crippen LogP contribution in [0.3, 0.4) is 0 Å². The Morgan fingerprint density at radius 2 is 1.81 bits per heavy atom. The summed E-state index contributed by atoms with van der Waals surface area (Å²) in [7, 11) is 0. The lowest BCUT2D eigenvalue weighted by molar-refractivity contribution is 0.462. The average molecular weight is 378 g/mol. The molecule has 5 nitrogen and oxygen atoms in total. The minimum absolute atomic E-state index is 0.462. The normalized spacial score (nSPS) is 15.4. The zero-order valence-corrected chi connectivity index (χ0v) is 15.7. The van der Waals surface area contributed by atoms with Gasteiger partial charge in [-0.05, 0) is 31.0 Å². The van der Waals surface area contributed by atoms with Crippen molar-refractivity contribution in [1.29, 1.82) is 0 Å². The summed E-state index contributed by atoms with van der Waals surface area (Å²) in [4.78, 5) is 4.95. The Labute approximate surface area is 162 Å². The molecule has 0 bridgehead atoms. The van der Waals surface area contributed by atoms with Gasteiger partial charge in [-0.1, -0.05) is 66.4 Å². The number of anilines is 1. The van der Waals surface area contributed by atoms with E-state index in [0.717, 1.165) is 33.6 Å². The SMILES string of the molecule is Clc1ccc2c(NC3CCCCC3)nc3c(-c4ccccc4)nnn3c2c1. The summed E-state index contributed by atoms with van der Waals surface area (Å²) in [5, 5.41) is 14.2. The predicted octanol–water partition coefficient (Wildman–Crippen LogP) is 5.34. The number of rotatable bonds is 3. The number of hydrogen-bond acceptors (Lipinski definition) is 4. The van der Waals surface area contributed by atoms with Gasteiger partial charge in [-0.25, -0.2) is 4.98 Å². The highest BCUT2D eigenvalue weighted by molar-refractivity contribution is 6.31. The number of halogens is 1. The van der Waals surface area contributed by atoms with Crippen LogP contribution in [0.15, 0.2) is 48.5 Å². The first-order valence-electron chi connectivity index (χ1n) is 9.46. The van der Waals surface area contributed by atoms with Crippen molar-refractivity contribution < 1.29 is 0 Å². The first kappa shape index (κ1) is 16.5. The molecule has 5 rings (SSSR count). The van der Waals surface area contributed by atoms with Crippen LogP contribution in [-0.2, 0) is 0 Å². The zero-order chi connectivity index (χ0) is 18.2. The van der Waals surface area contributed by atoms with Crippen molar-refractivity contribution in [3.05, 3.63) is 53.6 Å². The van der Waals surface area contributed by atoms with E-state index in [9.17, 15) is 0 Å². The number of aromatic nitrogens is 4. The van der Waals surface area contributed by atoms with E-state index in [0.29, 0.717) is 11.1 Å². The first-order valence-corrected chi connectivity index (χ1v) is 9.84. The number of nitrogens with zero attached hydrogens (tertiary/aromatic N) is 4. The maximum absolute atomic E-state index is 6.28. The molecule has 0 atom stereocenters. The van der Waals surface area contributed by atoms with Gasteiger partial charge in [-0.3, -0.25) is 0 Å². The van der Waals surface area contributed by atoms with Crippen molar-refractivity contribution in [3.8, 4) is 11.3 Å². The van der Waals surface area contributed by atoms with E-state index >= 15 is 0 Å². The van der Waals surface area contributed by atoms with Crippen LogP contribution in [0.4, 0.5) is 5.82 Å². The average Bonchev–Trinajstić information content (AvgIpc) is 3.13. The lowest BCUT2D eigenvalue weighted by atomic mass is 9.95. The molecule has 0 saturated heterocycles. The molecule has 4 aromatic rings. The van der Waals surface area contributed by atoms with Gasteiger partial charge in [-0.15, -0.1) is 5.10 Å². The molecule has 0 spiro atoms. The Kier molecular flexibility index (Phi) is 4.17. The van der Waals surface area contributed by atoms with Crippen LogP contribution in [0.25, 0.3) is 27.8 Å². The highest BCUT2D eigenvalue weighted by atomic mass is 35.5. The third-order valence-corrected chi connectivity index (χ3v) is 5.54. The molecule has 2 aromatic carbocycles. The van der Waals surface area contributed by atoms with E-state index in [1.165, 1.54) is 32.1 Å². The molecule has 2 aromatic heterocycles. The monoisotopic (exact) mass is 377 g/mol. The van der Waals surface area contributed by atoms with E-state index in [1.807, 2.05) is 48.5 Å². The molecule has 0 amide bonds. The summed E-state index contributed by atoms with van der Waals surface area (Å²) in [6.07, 6.45) is 6.24. The van der Waals surface area contributed by atoms with E-state index in [2.05, 4.69) is 15.6 Å². The van der Waals surface area contributed by atoms with Gasteiger partial charge >= 0.3 is 0 Å². The summed E-state index contributed by atoms with van der Waals surface area (Å²) in [6.45, 7) is 0. The number of fused-ring (bicyclic) bond motifs is 3. The van der Waals surface area contributed by atoms with Gasteiger partial charge in [0.1, 0.15) is 11.5 Å². The number of hydrogen-bond donors (Lipinski definition) is 1. The third kappa shape index (κ3) is 3.02. The lowest BCUT2D eigenvalue weighted by Gasteiger charge is -2.24. The second-order valence-electron chi connectivity index (χ2n) is 7.14. The van der Waals surface area contributed by atoms with Crippen LogP contribution >= 0.6 is 11.6 Å². The highest BCUT2D eigenvalue weighted by Gasteiger charge is 2.19. The van der Waals surface area contributed by atoms with Crippen LogP contribution in [-0.4, -0.2) is 25.9 Å². The molecule has 0 radical (unpaired) electrons. The molecule has 0 unspecified atom stereocenters. The number of nitrogens with one attached hydrogen (secondary N) is 1. The standard InChI is InChI=1S/C21H20ClN5/c22-15-11-12-17-18(13-15)27-21(19(25-26-27)14-7-3-1-4-8-14)24-20(17)23-16-9-5-2-6-10-16/h1,3-4,7-8,11-13,16H,2,5-6,9-10H2,(H,23,24). The molecule has 1 saturated carbocycles. The molecule has 136 valence electrons. The van der Waals surface area contributed by atoms with Crippen molar-refractivity contribution in [2.24, 2.45) is 0 Å². The summed E-state index contributed by atoms with van der Waals surface area (Å²) >= 11 is 6.28. The second kappa shape index (κ2) is 6.82. The van der Waals surface area contributed by atoms with Crippen molar-refractivity contribution in [1.82, 2.24) is 19.8 Å². The molecule has 6 heteroatoms. The van der Waals surface area contributed by atoms with E-state index in [4.69, 9.17) is 16.6 Å². The summed E-state index contributed by atoms with van der Waals surface area (Å²) in [6, 6.07) is 16.4. The molecule has 1 fully saturated rings. The lowest BCUT2D eigenvalue weighted by Crippen LogP contribution is -2.23. The van der Waals surface area contributed by atoms with E-state index < -0.39 is 0 Å². The molecule has 27 heavy (non-hydrogen) atoms. The molecular weight excluding hydrogens is 358 g/mol. The van der Waals surface area contributed by atoms with Gasteiger partial charge in [0, 0.05) is 22.0 Å². The molecular formula is C21H20ClN5. The third-order valence-electron chi connectivity index (χ3n) is 5.30. The van der Waals surface area contributed by atoms with Gasteiger partial charge in [-0.2, -0.15) is 4.52 Å². The molecule has 1 N–H and O–H groups in total. The van der Waals surface area contributed by atoms with Crippen molar-refractivity contribution in [2.75, 3.05) is 5.32 Å². The molecule has 1 aliphatic carbocycles. The topological polar surface area (TPSA) is 55.1 Å². The number of benzene rings is 2. The van der Waals surface area contributed by atoms with Crippen LogP contribution in [0.2, 0.25) is 5.02 Å². The Hall–Kier alpha value is -2.66. The Balaban J connectivity index is 1.71. The Bertz CT molecular complexity index is 1100. The zero-order valence-electron chi connectivity index (χ0n) is 14.9. The van der Waals surface area contributed by atoms with Crippen LogP contribution in [0, 0.1) is 0 Å². The minimum Gasteiger partial charge on any atom is -0.367 e. The molecule has 1 aliphatic rings. The fourth-order valence-corrected chi connectivity index (χ4v) is 4.09.